The summed E-state index contributed by atoms with van der Waals surface area (Å²) in [7, 11) is -3.14. The Hall–Kier alpha value is -1.25. The molecule has 4 rings (SSSR count). The zero-order valence-corrected chi connectivity index (χ0v) is 18.8. The number of benzene rings is 2. The number of aliphatic imine (C=N–C) groups is 1. The summed E-state index contributed by atoms with van der Waals surface area (Å²) in [5.74, 6) is -0.248. The fraction of sp³-hybridized carbons (Fsp3) is 0.263. The molecule has 0 spiro atoms. The van der Waals surface area contributed by atoms with E-state index >= 15 is 0 Å². The molecule has 0 saturated carbocycles. The maximum Gasteiger partial charge on any atom is 0.252 e. The monoisotopic (exact) mass is 488 g/mol. The molecule has 2 aromatic carbocycles. The van der Waals surface area contributed by atoms with Crippen molar-refractivity contribution in [2.75, 3.05) is 16.4 Å². The van der Waals surface area contributed by atoms with Crippen LogP contribution in [0.4, 0.5) is 5.69 Å². The summed E-state index contributed by atoms with van der Waals surface area (Å²) >= 11 is 19.4. The molecule has 0 aliphatic carbocycles. The van der Waals surface area contributed by atoms with Crippen molar-refractivity contribution in [1.29, 1.82) is 0 Å². The van der Waals surface area contributed by atoms with E-state index in [-0.39, 0.29) is 35.1 Å². The number of amides is 1. The van der Waals surface area contributed by atoms with Gasteiger partial charge in [-0.25, -0.2) is 8.42 Å². The third kappa shape index (κ3) is 4.59. The summed E-state index contributed by atoms with van der Waals surface area (Å²) in [5.41, 5.74) is 1.46. The van der Waals surface area contributed by atoms with Crippen LogP contribution in [0.5, 0.6) is 0 Å². The Morgan fingerprint density at radius 1 is 1.07 bits per heavy atom. The zero-order valence-electron chi connectivity index (χ0n) is 14.9. The highest BCUT2D eigenvalue weighted by atomic mass is 35.5. The van der Waals surface area contributed by atoms with Crippen LogP contribution in [0.25, 0.3) is 0 Å². The molecule has 2 atom stereocenters. The molecule has 0 radical (unpaired) electrons. The van der Waals surface area contributed by atoms with Gasteiger partial charge in [-0.05, 0) is 35.9 Å². The van der Waals surface area contributed by atoms with Gasteiger partial charge < -0.3 is 4.90 Å². The van der Waals surface area contributed by atoms with Crippen LogP contribution in [-0.2, 0) is 21.1 Å². The van der Waals surface area contributed by atoms with E-state index in [1.807, 2.05) is 0 Å². The summed E-state index contributed by atoms with van der Waals surface area (Å²) in [6, 6.07) is 11.8. The molecular formula is C19H15Cl3N2O3S2. The number of fused-ring (bicyclic) bond motifs is 1. The van der Waals surface area contributed by atoms with Crippen LogP contribution in [0.3, 0.4) is 0 Å². The Morgan fingerprint density at radius 3 is 2.48 bits per heavy atom. The number of sulfone groups is 1. The van der Waals surface area contributed by atoms with Gasteiger partial charge in [0, 0.05) is 16.0 Å². The van der Waals surface area contributed by atoms with Crippen molar-refractivity contribution in [3.05, 3.63) is 63.1 Å². The summed E-state index contributed by atoms with van der Waals surface area (Å²) in [4.78, 5) is 18.7. The number of thioether (sulfide) groups is 1. The molecule has 0 unspecified atom stereocenters. The molecule has 2 aliphatic rings. The van der Waals surface area contributed by atoms with Crippen molar-refractivity contribution in [3.8, 4) is 0 Å². The number of anilines is 1. The fourth-order valence-corrected chi connectivity index (χ4v) is 7.77. The Bertz CT molecular complexity index is 1100. The van der Waals surface area contributed by atoms with Gasteiger partial charge >= 0.3 is 0 Å². The molecule has 29 heavy (non-hydrogen) atoms. The summed E-state index contributed by atoms with van der Waals surface area (Å²) in [6.07, 6.45) is 0.129. The SMILES string of the molecule is O=C(Cc1ccc(Cl)cc1)N=C1S[C@@H]2CS(=O)(=O)C[C@@H]2N1c1ccc(Cl)c(Cl)c1. The average molecular weight is 490 g/mol. The number of hydrogen-bond donors (Lipinski definition) is 0. The minimum Gasteiger partial charge on any atom is -0.316 e. The third-order valence-electron chi connectivity index (χ3n) is 4.74. The van der Waals surface area contributed by atoms with Gasteiger partial charge in [-0.15, -0.1) is 0 Å². The van der Waals surface area contributed by atoms with Gasteiger partial charge in [-0.3, -0.25) is 4.79 Å². The Balaban J connectivity index is 1.65. The lowest BCUT2D eigenvalue weighted by Gasteiger charge is -2.24. The van der Waals surface area contributed by atoms with Crippen molar-refractivity contribution in [3.63, 3.8) is 0 Å². The van der Waals surface area contributed by atoms with Crippen LogP contribution in [0.2, 0.25) is 15.1 Å². The van der Waals surface area contributed by atoms with Crippen LogP contribution < -0.4 is 4.90 Å². The highest BCUT2D eigenvalue weighted by molar-refractivity contribution is 8.16. The fourth-order valence-electron chi connectivity index (χ4n) is 3.42. The van der Waals surface area contributed by atoms with Crippen molar-refractivity contribution < 1.29 is 13.2 Å². The normalized spacial score (nSPS) is 24.1. The number of amidine groups is 1. The Morgan fingerprint density at radius 2 is 1.79 bits per heavy atom. The predicted octanol–water partition coefficient (Wildman–Crippen LogP) is 4.49. The highest BCUT2D eigenvalue weighted by Crippen LogP contribution is 2.42. The number of rotatable bonds is 3. The second-order valence-corrected chi connectivity index (χ2v) is 11.5. The molecule has 5 nitrogen and oxygen atoms in total. The van der Waals surface area contributed by atoms with Crippen LogP contribution in [-0.4, -0.2) is 42.3 Å². The van der Waals surface area contributed by atoms with Gasteiger partial charge in [0.05, 0.1) is 34.0 Å². The van der Waals surface area contributed by atoms with E-state index in [0.29, 0.717) is 25.9 Å². The van der Waals surface area contributed by atoms with E-state index < -0.39 is 9.84 Å². The first kappa shape index (κ1) is 21.0. The number of halogens is 3. The number of nitrogens with zero attached hydrogens (tertiary/aromatic N) is 2. The lowest BCUT2D eigenvalue weighted by atomic mass is 10.1. The predicted molar refractivity (Wildman–Crippen MR) is 120 cm³/mol. The van der Waals surface area contributed by atoms with E-state index in [2.05, 4.69) is 4.99 Å². The zero-order chi connectivity index (χ0) is 20.8. The maximum absolute atomic E-state index is 12.6. The second-order valence-electron chi connectivity index (χ2n) is 6.86. The molecule has 152 valence electrons. The summed E-state index contributed by atoms with van der Waals surface area (Å²) < 4.78 is 24.3. The Labute approximate surface area is 188 Å². The highest BCUT2D eigenvalue weighted by Gasteiger charge is 2.49. The minimum absolute atomic E-state index is 0.00923. The molecule has 2 saturated heterocycles. The number of hydrogen-bond acceptors (Lipinski definition) is 4. The molecule has 1 amide bonds. The van der Waals surface area contributed by atoms with Gasteiger partial charge in [0.25, 0.3) is 5.91 Å². The second kappa shape index (κ2) is 8.12. The molecule has 2 aliphatic heterocycles. The molecule has 0 N–H and O–H groups in total. The standard InChI is InChI=1S/C19H15Cl3N2O3S2/c20-12-3-1-11(2-4-12)7-18(25)23-19-24(13-5-6-14(21)15(22)8-13)16-9-29(26,27)10-17(16)28-19/h1-6,8,16-17H,7,9-10H2/t16-,17+/m0/s1. The van der Waals surface area contributed by atoms with E-state index in [1.54, 1.807) is 47.4 Å². The van der Waals surface area contributed by atoms with Crippen LogP contribution in [0, 0.1) is 0 Å². The van der Waals surface area contributed by atoms with E-state index in [4.69, 9.17) is 34.8 Å². The van der Waals surface area contributed by atoms with Gasteiger partial charge in [0.15, 0.2) is 15.0 Å². The van der Waals surface area contributed by atoms with Crippen molar-refractivity contribution in [2.24, 2.45) is 4.99 Å². The van der Waals surface area contributed by atoms with E-state index in [0.717, 1.165) is 5.56 Å². The maximum atomic E-state index is 12.6. The Kier molecular flexibility index (Phi) is 5.88. The first-order chi connectivity index (χ1) is 13.7. The molecule has 2 aromatic rings. The summed E-state index contributed by atoms with van der Waals surface area (Å²) in [6.45, 7) is 0. The molecule has 0 bridgehead atoms. The van der Waals surface area contributed by atoms with Gasteiger partial charge in [0.2, 0.25) is 0 Å². The van der Waals surface area contributed by atoms with E-state index in [9.17, 15) is 13.2 Å². The summed E-state index contributed by atoms with van der Waals surface area (Å²) in [5, 5.41) is 1.64. The molecule has 2 heterocycles. The van der Waals surface area contributed by atoms with Gasteiger partial charge in [-0.2, -0.15) is 4.99 Å². The lowest BCUT2D eigenvalue weighted by Crippen LogP contribution is -2.37. The first-order valence-corrected chi connectivity index (χ1v) is 12.5. The van der Waals surface area contributed by atoms with Gasteiger partial charge in [0.1, 0.15) is 0 Å². The molecule has 10 heteroatoms. The molecule has 0 aromatic heterocycles. The third-order valence-corrected chi connectivity index (χ3v) is 8.94. The first-order valence-electron chi connectivity index (χ1n) is 8.69. The van der Waals surface area contributed by atoms with Crippen molar-refractivity contribution >= 4 is 73.2 Å². The molecule has 2 fully saturated rings. The van der Waals surface area contributed by atoms with Gasteiger partial charge in [-0.1, -0.05) is 58.7 Å². The van der Waals surface area contributed by atoms with Crippen molar-refractivity contribution in [2.45, 2.75) is 17.7 Å². The number of carbonyl (C=O) groups excluding carboxylic acids is 1. The topological polar surface area (TPSA) is 66.8 Å². The molecular weight excluding hydrogens is 475 g/mol. The smallest absolute Gasteiger partial charge is 0.252 e. The number of carbonyl (C=O) groups is 1. The van der Waals surface area contributed by atoms with E-state index in [1.165, 1.54) is 11.8 Å². The quantitative estimate of drug-likeness (QED) is 0.635. The van der Waals surface area contributed by atoms with Crippen molar-refractivity contribution in [1.82, 2.24) is 0 Å². The largest absolute Gasteiger partial charge is 0.316 e. The lowest BCUT2D eigenvalue weighted by molar-refractivity contribution is -0.117. The van der Waals surface area contributed by atoms with Crippen LogP contribution in [0.15, 0.2) is 47.5 Å². The van der Waals surface area contributed by atoms with Crippen LogP contribution in [0.1, 0.15) is 5.56 Å². The van der Waals surface area contributed by atoms with Crippen LogP contribution >= 0.6 is 46.6 Å². The minimum atomic E-state index is -3.14. The average Bonchev–Trinajstić information content (AvgIpc) is 3.10.